The summed E-state index contributed by atoms with van der Waals surface area (Å²) in [4.78, 5) is 0. The summed E-state index contributed by atoms with van der Waals surface area (Å²) in [5.41, 5.74) is 2.20. The quantitative estimate of drug-likeness (QED) is 0.714. The summed E-state index contributed by atoms with van der Waals surface area (Å²) in [5.74, 6) is 0. The molecule has 1 unspecified atom stereocenters. The Balaban J connectivity index is 2.65. The van der Waals surface area contributed by atoms with Gasteiger partial charge in [-0.2, -0.15) is 0 Å². The Labute approximate surface area is 85.6 Å². The lowest BCUT2D eigenvalue weighted by molar-refractivity contribution is 0.144. The third-order valence-corrected chi connectivity index (χ3v) is 2.87. The molecule has 0 aromatic heterocycles. The molecule has 0 amide bonds. The Bertz CT molecular complexity index is 308. The maximum Gasteiger partial charge on any atom is 0.767 e. The van der Waals surface area contributed by atoms with Crippen molar-refractivity contribution in [2.45, 2.75) is 20.0 Å². The van der Waals surface area contributed by atoms with Crippen LogP contribution < -0.4 is 0 Å². The van der Waals surface area contributed by atoms with E-state index in [1.807, 2.05) is 38.1 Å². The van der Waals surface area contributed by atoms with Gasteiger partial charge in [-0.3, -0.25) is 4.46 Å². The van der Waals surface area contributed by atoms with Crippen molar-refractivity contribution in [2.75, 3.05) is 7.11 Å². The second-order valence-electron chi connectivity index (χ2n) is 3.12. The number of hydrogen-bond donors (Lipinski definition) is 0. The van der Waals surface area contributed by atoms with E-state index in [-0.39, 0.29) is 6.10 Å². The van der Waals surface area contributed by atoms with Crippen LogP contribution in [0.25, 0.3) is 0 Å². The van der Waals surface area contributed by atoms with Crippen molar-refractivity contribution in [3.8, 4) is 0 Å². The van der Waals surface area contributed by atoms with E-state index >= 15 is 0 Å². The first-order chi connectivity index (χ1) is 6.63. The standard InChI is InChI=1S/C10H14O3Si/c1-8-4-6-10(7-5-8)9(2)13-14(11)12-3/h4-7,9H,1-3H3. The number of rotatable bonds is 4. The van der Waals surface area contributed by atoms with E-state index in [2.05, 4.69) is 4.43 Å². The molecule has 4 heteroatoms. The molecule has 0 bridgehead atoms. The molecule has 1 atom stereocenters. The van der Waals surface area contributed by atoms with Crippen LogP contribution >= 0.6 is 0 Å². The van der Waals surface area contributed by atoms with Crippen molar-refractivity contribution in [3.63, 3.8) is 0 Å². The summed E-state index contributed by atoms with van der Waals surface area (Å²) >= 11 is 0. The summed E-state index contributed by atoms with van der Waals surface area (Å²) < 4.78 is 20.7. The zero-order chi connectivity index (χ0) is 10.6. The smallest absolute Gasteiger partial charge is 0.499 e. The molecule has 1 rings (SSSR count). The van der Waals surface area contributed by atoms with Crippen molar-refractivity contribution < 1.29 is 13.3 Å². The van der Waals surface area contributed by atoms with E-state index in [1.54, 1.807) is 0 Å². The molecule has 1 aromatic rings. The molecule has 0 fully saturated rings. The van der Waals surface area contributed by atoms with Gasteiger partial charge in [-0.15, -0.1) is 0 Å². The van der Waals surface area contributed by atoms with E-state index < -0.39 is 9.17 Å². The van der Waals surface area contributed by atoms with Crippen LogP contribution in [0.1, 0.15) is 24.2 Å². The van der Waals surface area contributed by atoms with Gasteiger partial charge in [0.2, 0.25) is 0 Å². The molecule has 76 valence electrons. The van der Waals surface area contributed by atoms with Gasteiger partial charge in [0.05, 0.1) is 7.11 Å². The lowest BCUT2D eigenvalue weighted by Crippen LogP contribution is -2.12. The molecule has 0 saturated heterocycles. The van der Waals surface area contributed by atoms with E-state index in [9.17, 15) is 4.46 Å². The summed E-state index contributed by atoms with van der Waals surface area (Å²) in [6, 6.07) is 7.92. The molecular formula is C10H14O3Si. The Kier molecular flexibility index (Phi) is 3.82. The molecule has 1 aromatic carbocycles. The lowest BCUT2D eigenvalue weighted by atomic mass is 10.1. The molecule has 0 N–H and O–H groups in total. The van der Waals surface area contributed by atoms with Gasteiger partial charge in [-0.05, 0) is 19.4 Å². The van der Waals surface area contributed by atoms with Gasteiger partial charge < -0.3 is 8.85 Å². The highest BCUT2D eigenvalue weighted by Gasteiger charge is 2.14. The highest BCUT2D eigenvalue weighted by atomic mass is 28.3. The third kappa shape index (κ3) is 2.96. The predicted octanol–water partition coefficient (Wildman–Crippen LogP) is 2.13. The summed E-state index contributed by atoms with van der Waals surface area (Å²) in [5, 5.41) is 0. The van der Waals surface area contributed by atoms with Crippen LogP contribution in [0.3, 0.4) is 0 Å². The molecule has 0 aliphatic carbocycles. The number of benzene rings is 1. The van der Waals surface area contributed by atoms with Gasteiger partial charge in [-0.25, -0.2) is 0 Å². The highest BCUT2D eigenvalue weighted by molar-refractivity contribution is 6.26. The molecule has 0 aliphatic rings. The van der Waals surface area contributed by atoms with E-state index in [1.165, 1.54) is 12.7 Å². The van der Waals surface area contributed by atoms with Gasteiger partial charge in [0.25, 0.3) is 0 Å². The first-order valence-electron chi connectivity index (χ1n) is 4.44. The molecule has 3 nitrogen and oxygen atoms in total. The van der Waals surface area contributed by atoms with Gasteiger partial charge in [0.15, 0.2) is 0 Å². The zero-order valence-corrected chi connectivity index (χ0v) is 9.61. The predicted molar refractivity (Wildman–Crippen MR) is 54.1 cm³/mol. The van der Waals surface area contributed by atoms with Crippen molar-refractivity contribution in [2.24, 2.45) is 0 Å². The summed E-state index contributed by atoms with van der Waals surface area (Å²) in [7, 11) is -0.957. The minimum absolute atomic E-state index is 0.193. The molecule has 0 saturated carbocycles. The van der Waals surface area contributed by atoms with Crippen LogP contribution in [0.5, 0.6) is 0 Å². The molecule has 0 aliphatic heterocycles. The second kappa shape index (κ2) is 4.90. The monoisotopic (exact) mass is 210 g/mol. The zero-order valence-electron chi connectivity index (χ0n) is 8.61. The Morgan fingerprint density at radius 2 is 1.86 bits per heavy atom. The fourth-order valence-corrected chi connectivity index (χ4v) is 1.62. The molecule has 14 heavy (non-hydrogen) atoms. The van der Waals surface area contributed by atoms with Crippen LogP contribution in [0.4, 0.5) is 0 Å². The molecule has 0 spiro atoms. The van der Waals surface area contributed by atoms with E-state index in [4.69, 9.17) is 4.43 Å². The average Bonchev–Trinajstić information content (AvgIpc) is 2.18. The maximum absolute atomic E-state index is 11.0. The van der Waals surface area contributed by atoms with Gasteiger partial charge in [-0.1, -0.05) is 29.8 Å². The average molecular weight is 210 g/mol. The maximum atomic E-state index is 11.0. The normalized spacial score (nSPS) is 11.9. The fourth-order valence-electron chi connectivity index (χ4n) is 1.10. The number of hydrogen-bond acceptors (Lipinski definition) is 3. The lowest BCUT2D eigenvalue weighted by Gasteiger charge is -2.12. The van der Waals surface area contributed by atoms with Crippen molar-refractivity contribution in [1.82, 2.24) is 0 Å². The van der Waals surface area contributed by atoms with Crippen LogP contribution in [-0.2, 0) is 13.3 Å². The Morgan fingerprint density at radius 3 is 2.36 bits per heavy atom. The van der Waals surface area contributed by atoms with Crippen LogP contribution in [0.2, 0.25) is 0 Å². The fraction of sp³-hybridized carbons (Fsp3) is 0.400. The van der Waals surface area contributed by atoms with Gasteiger partial charge in [0, 0.05) is 0 Å². The van der Waals surface area contributed by atoms with Crippen LogP contribution in [0, 0.1) is 6.92 Å². The van der Waals surface area contributed by atoms with Crippen molar-refractivity contribution in [3.05, 3.63) is 35.4 Å². The first kappa shape index (κ1) is 10.9. The molecular weight excluding hydrogens is 196 g/mol. The first-order valence-corrected chi connectivity index (χ1v) is 5.67. The van der Waals surface area contributed by atoms with Crippen LogP contribution in [0.15, 0.2) is 24.3 Å². The minimum Gasteiger partial charge on any atom is -0.499 e. The summed E-state index contributed by atoms with van der Waals surface area (Å²) in [6.07, 6.45) is -0.193. The molecule has 0 radical (unpaired) electrons. The second-order valence-corrected chi connectivity index (χ2v) is 4.27. The Morgan fingerprint density at radius 1 is 1.29 bits per heavy atom. The van der Waals surface area contributed by atoms with Crippen molar-refractivity contribution >= 4 is 9.17 Å². The van der Waals surface area contributed by atoms with Gasteiger partial charge >= 0.3 is 9.17 Å². The topological polar surface area (TPSA) is 35.5 Å². The molecule has 0 heterocycles. The van der Waals surface area contributed by atoms with Gasteiger partial charge in [0.1, 0.15) is 6.10 Å². The minimum atomic E-state index is -2.34. The SMILES string of the molecule is CO[Si](=O)OC(C)c1ccc(C)cc1. The highest BCUT2D eigenvalue weighted by Crippen LogP contribution is 2.16. The summed E-state index contributed by atoms with van der Waals surface area (Å²) in [6.45, 7) is 3.87. The van der Waals surface area contributed by atoms with E-state index in [0.29, 0.717) is 0 Å². The van der Waals surface area contributed by atoms with Crippen LogP contribution in [-0.4, -0.2) is 16.3 Å². The third-order valence-electron chi connectivity index (χ3n) is 1.99. The Hall–Kier alpha value is -1.16. The number of aryl methyl sites for hydroxylation is 1. The largest absolute Gasteiger partial charge is 0.767 e. The van der Waals surface area contributed by atoms with Crippen molar-refractivity contribution in [1.29, 1.82) is 0 Å². The van der Waals surface area contributed by atoms with E-state index in [0.717, 1.165) is 5.56 Å².